The first-order valence-corrected chi connectivity index (χ1v) is 6.14. The lowest BCUT2D eigenvalue weighted by atomic mass is 10.1. The number of rotatable bonds is 4. The highest BCUT2D eigenvalue weighted by Crippen LogP contribution is 2.23. The van der Waals surface area contributed by atoms with E-state index in [1.807, 2.05) is 14.0 Å². The van der Waals surface area contributed by atoms with Gasteiger partial charge in [-0.15, -0.1) is 11.3 Å². The molecule has 1 aromatic rings. The average molecular weight is 246 g/mol. The Labute approximate surface area is 99.9 Å². The van der Waals surface area contributed by atoms with Crippen LogP contribution in [-0.4, -0.2) is 29.8 Å². The van der Waals surface area contributed by atoms with Crippen LogP contribution in [0.4, 0.5) is 0 Å². The number of ketones is 1. The van der Waals surface area contributed by atoms with Gasteiger partial charge in [0.15, 0.2) is 5.78 Å². The SMILES string of the molecule is CC(C)N(C)C(C)C(=O)c1ccc(Cl)s1. The molecule has 0 bridgehead atoms. The van der Waals surface area contributed by atoms with E-state index in [2.05, 4.69) is 18.7 Å². The van der Waals surface area contributed by atoms with Crippen molar-refractivity contribution in [2.45, 2.75) is 32.9 Å². The molecule has 0 N–H and O–H groups in total. The van der Waals surface area contributed by atoms with Crippen molar-refractivity contribution < 1.29 is 4.79 Å². The molecular formula is C11H16ClNOS. The second-order valence-electron chi connectivity index (χ2n) is 3.90. The van der Waals surface area contributed by atoms with Gasteiger partial charge in [0.05, 0.1) is 15.3 Å². The molecule has 0 fully saturated rings. The van der Waals surface area contributed by atoms with E-state index in [1.165, 1.54) is 11.3 Å². The summed E-state index contributed by atoms with van der Waals surface area (Å²) in [6.07, 6.45) is 0. The Bertz CT molecular complexity index is 348. The predicted octanol–water partition coefficient (Wildman–Crippen LogP) is 3.31. The Balaban J connectivity index is 2.77. The summed E-state index contributed by atoms with van der Waals surface area (Å²) in [4.78, 5) is 14.8. The van der Waals surface area contributed by atoms with Gasteiger partial charge in [-0.05, 0) is 40.0 Å². The third kappa shape index (κ3) is 3.03. The number of likely N-dealkylation sites (N-methyl/N-ethyl adjacent to an activating group) is 1. The molecule has 1 rings (SSSR count). The van der Waals surface area contributed by atoms with Crippen molar-refractivity contribution in [2.24, 2.45) is 0 Å². The Morgan fingerprint density at radius 3 is 2.40 bits per heavy atom. The highest BCUT2D eigenvalue weighted by atomic mass is 35.5. The van der Waals surface area contributed by atoms with Gasteiger partial charge in [0, 0.05) is 6.04 Å². The molecule has 1 unspecified atom stereocenters. The highest BCUT2D eigenvalue weighted by molar-refractivity contribution is 7.18. The molecule has 1 heterocycles. The summed E-state index contributed by atoms with van der Waals surface area (Å²) in [6, 6.07) is 3.82. The number of Topliss-reactive ketones (excluding diaryl/α,β-unsaturated/α-hetero) is 1. The molecule has 0 saturated heterocycles. The first-order valence-electron chi connectivity index (χ1n) is 4.95. The second kappa shape index (κ2) is 5.10. The van der Waals surface area contributed by atoms with Gasteiger partial charge in [0.25, 0.3) is 0 Å². The van der Waals surface area contributed by atoms with Crippen molar-refractivity contribution in [1.82, 2.24) is 4.90 Å². The molecule has 0 aliphatic carbocycles. The maximum Gasteiger partial charge on any atom is 0.189 e. The summed E-state index contributed by atoms with van der Waals surface area (Å²) in [6.45, 7) is 6.08. The zero-order chi connectivity index (χ0) is 11.6. The lowest BCUT2D eigenvalue weighted by Crippen LogP contribution is -2.40. The van der Waals surface area contributed by atoms with E-state index in [1.54, 1.807) is 12.1 Å². The standard InChI is InChI=1S/C11H16ClNOS/c1-7(2)13(4)8(3)11(14)9-5-6-10(12)15-9/h5-8H,1-4H3. The zero-order valence-corrected chi connectivity index (χ0v) is 11.0. The summed E-state index contributed by atoms with van der Waals surface area (Å²) < 4.78 is 0.665. The summed E-state index contributed by atoms with van der Waals surface area (Å²) in [5.41, 5.74) is 0. The fraction of sp³-hybridized carbons (Fsp3) is 0.545. The minimum absolute atomic E-state index is 0.0975. The number of thiophene rings is 1. The summed E-state index contributed by atoms with van der Waals surface area (Å²) in [5.74, 6) is 0.142. The van der Waals surface area contributed by atoms with Crippen molar-refractivity contribution in [1.29, 1.82) is 0 Å². The third-order valence-electron chi connectivity index (χ3n) is 2.62. The fourth-order valence-electron chi connectivity index (χ4n) is 1.28. The van der Waals surface area contributed by atoms with E-state index < -0.39 is 0 Å². The lowest BCUT2D eigenvalue weighted by Gasteiger charge is -2.26. The summed E-state index contributed by atoms with van der Waals surface area (Å²) in [7, 11) is 1.96. The van der Waals surface area contributed by atoms with Gasteiger partial charge in [0.2, 0.25) is 0 Å². The Hall–Kier alpha value is -0.380. The molecule has 0 aliphatic heterocycles. The van der Waals surface area contributed by atoms with Crippen LogP contribution in [0.5, 0.6) is 0 Å². The third-order valence-corrected chi connectivity index (χ3v) is 3.87. The van der Waals surface area contributed by atoms with Gasteiger partial charge < -0.3 is 0 Å². The van der Waals surface area contributed by atoms with Crippen molar-refractivity contribution in [3.05, 3.63) is 21.3 Å². The predicted molar refractivity (Wildman–Crippen MR) is 66.0 cm³/mol. The van der Waals surface area contributed by atoms with Crippen molar-refractivity contribution >= 4 is 28.7 Å². The molecular weight excluding hydrogens is 230 g/mol. The highest BCUT2D eigenvalue weighted by Gasteiger charge is 2.22. The molecule has 0 radical (unpaired) electrons. The van der Waals surface area contributed by atoms with Crippen LogP contribution in [0.15, 0.2) is 12.1 Å². The van der Waals surface area contributed by atoms with Gasteiger partial charge in [-0.1, -0.05) is 11.6 Å². The Morgan fingerprint density at radius 2 is 2.00 bits per heavy atom. The maximum atomic E-state index is 12.0. The molecule has 0 spiro atoms. The molecule has 0 amide bonds. The average Bonchev–Trinajstić information content (AvgIpc) is 2.61. The van der Waals surface area contributed by atoms with Gasteiger partial charge in [-0.25, -0.2) is 0 Å². The molecule has 2 nitrogen and oxygen atoms in total. The zero-order valence-electron chi connectivity index (χ0n) is 9.45. The number of nitrogens with zero attached hydrogens (tertiary/aromatic N) is 1. The molecule has 4 heteroatoms. The largest absolute Gasteiger partial charge is 0.294 e. The normalized spacial score (nSPS) is 13.5. The van der Waals surface area contributed by atoms with Crippen LogP contribution in [0.25, 0.3) is 0 Å². The number of hydrogen-bond acceptors (Lipinski definition) is 3. The van der Waals surface area contributed by atoms with Gasteiger partial charge in [-0.3, -0.25) is 9.69 Å². The van der Waals surface area contributed by atoms with Crippen LogP contribution in [0.3, 0.4) is 0 Å². The maximum absolute atomic E-state index is 12.0. The quantitative estimate of drug-likeness (QED) is 0.759. The van der Waals surface area contributed by atoms with Gasteiger partial charge in [0.1, 0.15) is 0 Å². The van der Waals surface area contributed by atoms with E-state index in [0.717, 1.165) is 4.88 Å². The van der Waals surface area contributed by atoms with Crippen LogP contribution in [-0.2, 0) is 0 Å². The van der Waals surface area contributed by atoms with Crippen molar-refractivity contribution in [3.8, 4) is 0 Å². The molecule has 1 aromatic heterocycles. The molecule has 0 aliphatic rings. The lowest BCUT2D eigenvalue weighted by molar-refractivity contribution is 0.0840. The van der Waals surface area contributed by atoms with E-state index in [4.69, 9.17) is 11.6 Å². The molecule has 84 valence electrons. The van der Waals surface area contributed by atoms with E-state index in [0.29, 0.717) is 10.4 Å². The minimum atomic E-state index is -0.0975. The molecule has 15 heavy (non-hydrogen) atoms. The number of hydrogen-bond donors (Lipinski definition) is 0. The van der Waals surface area contributed by atoms with Crippen LogP contribution >= 0.6 is 22.9 Å². The summed E-state index contributed by atoms with van der Waals surface area (Å²) in [5, 5.41) is 0. The van der Waals surface area contributed by atoms with E-state index in [9.17, 15) is 4.79 Å². The van der Waals surface area contributed by atoms with Crippen molar-refractivity contribution in [3.63, 3.8) is 0 Å². The minimum Gasteiger partial charge on any atom is -0.294 e. The Kier molecular flexibility index (Phi) is 4.32. The molecule has 1 atom stereocenters. The number of carbonyl (C=O) groups excluding carboxylic acids is 1. The summed E-state index contributed by atoms with van der Waals surface area (Å²) >= 11 is 7.15. The van der Waals surface area contributed by atoms with Gasteiger partial charge >= 0.3 is 0 Å². The number of carbonyl (C=O) groups is 1. The van der Waals surface area contributed by atoms with E-state index in [-0.39, 0.29) is 11.8 Å². The van der Waals surface area contributed by atoms with Crippen LogP contribution < -0.4 is 0 Å². The monoisotopic (exact) mass is 245 g/mol. The fourth-order valence-corrected chi connectivity index (χ4v) is 2.35. The van der Waals surface area contributed by atoms with E-state index >= 15 is 0 Å². The topological polar surface area (TPSA) is 20.3 Å². The Morgan fingerprint density at radius 1 is 1.40 bits per heavy atom. The van der Waals surface area contributed by atoms with Crippen LogP contribution in [0.1, 0.15) is 30.4 Å². The van der Waals surface area contributed by atoms with Crippen LogP contribution in [0, 0.1) is 0 Å². The van der Waals surface area contributed by atoms with Crippen LogP contribution in [0.2, 0.25) is 4.34 Å². The van der Waals surface area contributed by atoms with Crippen molar-refractivity contribution in [2.75, 3.05) is 7.05 Å². The smallest absolute Gasteiger partial charge is 0.189 e. The number of halogens is 1. The van der Waals surface area contributed by atoms with Gasteiger partial charge in [-0.2, -0.15) is 0 Å². The first kappa shape index (κ1) is 12.7. The first-order chi connectivity index (χ1) is 6.93. The molecule has 0 aromatic carbocycles. The second-order valence-corrected chi connectivity index (χ2v) is 5.62. The molecule has 0 saturated carbocycles.